The molecule has 9 aromatic carbocycles. The Morgan fingerprint density at radius 1 is 0.260 bits per heavy atom. The van der Waals surface area contributed by atoms with E-state index in [9.17, 15) is 0 Å². The molecular weight excluding hydrogens is 609 g/mol. The monoisotopic (exact) mass is 636 g/mol. The molecule has 0 aliphatic heterocycles. The van der Waals surface area contributed by atoms with Crippen LogP contribution in [-0.2, 0) is 0 Å². The summed E-state index contributed by atoms with van der Waals surface area (Å²) in [6.07, 6.45) is 0. The minimum absolute atomic E-state index is 0.846. The van der Waals surface area contributed by atoms with Gasteiger partial charge in [-0.15, -0.1) is 0 Å². The van der Waals surface area contributed by atoms with Gasteiger partial charge in [0.05, 0.1) is 5.56 Å². The van der Waals surface area contributed by atoms with E-state index in [1.807, 2.05) is 12.1 Å². The number of benzene rings is 9. The highest BCUT2D eigenvalue weighted by Gasteiger charge is 2.24. The Labute approximate surface area is 287 Å². The molecule has 2 heteroatoms. The molecule has 0 spiro atoms. The molecule has 0 unspecified atom stereocenters. The summed E-state index contributed by atoms with van der Waals surface area (Å²) in [5.41, 5.74) is 10.5. The van der Waals surface area contributed by atoms with E-state index >= 15 is 0 Å². The third kappa shape index (κ3) is 3.79. The number of fused-ring (bicyclic) bond motifs is 9. The van der Waals surface area contributed by atoms with Gasteiger partial charge >= 0.3 is 0 Å². The summed E-state index contributed by atoms with van der Waals surface area (Å²) in [7, 11) is 0. The smallest absolute Gasteiger partial charge is 0.147 e. The van der Waals surface area contributed by atoms with Gasteiger partial charge in [-0.25, -0.2) is 0 Å². The first kappa shape index (κ1) is 27.3. The van der Waals surface area contributed by atoms with Crippen LogP contribution in [0.2, 0.25) is 0 Å². The van der Waals surface area contributed by atoms with Crippen molar-refractivity contribution < 1.29 is 8.83 Å². The molecule has 0 saturated carbocycles. The van der Waals surface area contributed by atoms with Crippen molar-refractivity contribution in [3.63, 3.8) is 0 Å². The SMILES string of the molecule is c1ccc(-c2c3ccccc3c(-c3ccc(-c4c5oc6ccccc6c5cc5c4oc4ccccc45)c4ccccc34)c3ccccc23)cc1. The molecular formula is C48H28O2. The highest BCUT2D eigenvalue weighted by Crippen LogP contribution is 2.49. The predicted octanol–water partition coefficient (Wildman–Crippen LogP) is 13.9. The van der Waals surface area contributed by atoms with Crippen LogP contribution in [0.5, 0.6) is 0 Å². The number of hydrogen-bond donors (Lipinski definition) is 0. The van der Waals surface area contributed by atoms with Gasteiger partial charge in [0.15, 0.2) is 0 Å². The van der Waals surface area contributed by atoms with Crippen LogP contribution in [0.3, 0.4) is 0 Å². The fourth-order valence-electron chi connectivity index (χ4n) is 8.35. The molecule has 2 aromatic heterocycles. The van der Waals surface area contributed by atoms with Crippen LogP contribution in [-0.4, -0.2) is 0 Å². The largest absolute Gasteiger partial charge is 0.455 e. The quantitative estimate of drug-likeness (QED) is 0.180. The molecule has 11 rings (SSSR count). The highest BCUT2D eigenvalue weighted by molar-refractivity contribution is 6.27. The Kier molecular flexibility index (Phi) is 5.70. The predicted molar refractivity (Wildman–Crippen MR) is 210 cm³/mol. The first-order valence-electron chi connectivity index (χ1n) is 17.1. The molecule has 2 heterocycles. The van der Waals surface area contributed by atoms with Crippen LogP contribution in [0, 0.1) is 0 Å². The molecule has 11 aromatic rings. The van der Waals surface area contributed by atoms with Gasteiger partial charge in [-0.3, -0.25) is 0 Å². The number of hydrogen-bond acceptors (Lipinski definition) is 2. The zero-order valence-corrected chi connectivity index (χ0v) is 27.0. The Balaban J connectivity index is 1.27. The lowest BCUT2D eigenvalue weighted by molar-refractivity contribution is 0.658. The third-order valence-corrected chi connectivity index (χ3v) is 10.5. The van der Waals surface area contributed by atoms with E-state index in [4.69, 9.17) is 8.83 Å². The van der Waals surface area contributed by atoms with E-state index in [2.05, 4.69) is 158 Å². The third-order valence-electron chi connectivity index (χ3n) is 10.5. The van der Waals surface area contributed by atoms with Gasteiger partial charge in [0, 0.05) is 21.5 Å². The molecule has 2 nitrogen and oxygen atoms in total. The fourth-order valence-corrected chi connectivity index (χ4v) is 8.35. The molecule has 0 fully saturated rings. The van der Waals surface area contributed by atoms with E-state index in [0.29, 0.717) is 0 Å². The summed E-state index contributed by atoms with van der Waals surface area (Å²) in [5, 5.41) is 11.7. The van der Waals surface area contributed by atoms with Crippen molar-refractivity contribution in [2.45, 2.75) is 0 Å². The summed E-state index contributed by atoms with van der Waals surface area (Å²) >= 11 is 0. The van der Waals surface area contributed by atoms with Gasteiger partial charge in [-0.1, -0.05) is 152 Å². The van der Waals surface area contributed by atoms with Crippen LogP contribution in [0.25, 0.3) is 110 Å². The maximum atomic E-state index is 6.72. The number of para-hydroxylation sites is 2. The van der Waals surface area contributed by atoms with E-state index in [1.54, 1.807) is 0 Å². The summed E-state index contributed by atoms with van der Waals surface area (Å²) in [6, 6.07) is 60.7. The number of rotatable bonds is 3. The molecule has 0 saturated heterocycles. The van der Waals surface area contributed by atoms with Crippen molar-refractivity contribution >= 4 is 76.2 Å². The molecule has 0 amide bonds. The average Bonchev–Trinajstić information content (AvgIpc) is 3.74. The second-order valence-electron chi connectivity index (χ2n) is 13.1. The van der Waals surface area contributed by atoms with E-state index in [-0.39, 0.29) is 0 Å². The van der Waals surface area contributed by atoms with Crippen LogP contribution >= 0.6 is 0 Å². The van der Waals surface area contributed by atoms with Crippen LogP contribution < -0.4 is 0 Å². The normalized spacial score (nSPS) is 12.0. The highest BCUT2D eigenvalue weighted by atomic mass is 16.3. The minimum atomic E-state index is 0.846. The minimum Gasteiger partial charge on any atom is -0.455 e. The summed E-state index contributed by atoms with van der Waals surface area (Å²) < 4.78 is 13.4. The molecule has 0 radical (unpaired) electrons. The van der Waals surface area contributed by atoms with Crippen LogP contribution in [0.4, 0.5) is 0 Å². The maximum Gasteiger partial charge on any atom is 0.147 e. The first-order valence-corrected chi connectivity index (χ1v) is 17.1. The lowest BCUT2D eigenvalue weighted by Gasteiger charge is -2.19. The van der Waals surface area contributed by atoms with Gasteiger partial charge in [-0.05, 0) is 78.3 Å². The Morgan fingerprint density at radius 3 is 1.14 bits per heavy atom. The standard InChI is InChI=1S/C48H28O2/c1-2-14-29(15-3-1)44-34-20-6-8-22-36(34)45(37-23-9-7-21-35(37)44)38-26-27-39(31-17-5-4-16-30(31)38)46-47-40(32-18-10-12-24-42(32)49-47)28-41-33-19-11-13-25-43(33)50-48(41)46/h1-28H. The van der Waals surface area contributed by atoms with Gasteiger partial charge in [0.25, 0.3) is 0 Å². The molecule has 0 bridgehead atoms. The average molecular weight is 637 g/mol. The van der Waals surface area contributed by atoms with E-state index in [0.717, 1.165) is 60.4 Å². The summed E-state index contributed by atoms with van der Waals surface area (Å²) in [4.78, 5) is 0. The molecule has 0 aliphatic carbocycles. The van der Waals surface area contributed by atoms with Crippen molar-refractivity contribution in [2.75, 3.05) is 0 Å². The summed E-state index contributed by atoms with van der Waals surface area (Å²) in [6.45, 7) is 0. The van der Waals surface area contributed by atoms with Gasteiger partial charge in [0.2, 0.25) is 0 Å². The van der Waals surface area contributed by atoms with Gasteiger partial charge in [0.1, 0.15) is 22.3 Å². The summed E-state index contributed by atoms with van der Waals surface area (Å²) in [5.74, 6) is 0. The Morgan fingerprint density at radius 2 is 0.640 bits per heavy atom. The second-order valence-corrected chi connectivity index (χ2v) is 13.1. The van der Waals surface area contributed by atoms with Gasteiger partial charge < -0.3 is 8.83 Å². The molecule has 0 atom stereocenters. The van der Waals surface area contributed by atoms with Gasteiger partial charge in [-0.2, -0.15) is 0 Å². The molecule has 0 N–H and O–H groups in total. The van der Waals surface area contributed by atoms with Crippen molar-refractivity contribution in [1.82, 2.24) is 0 Å². The molecule has 50 heavy (non-hydrogen) atoms. The Hall–Kier alpha value is -6.64. The lowest BCUT2D eigenvalue weighted by Crippen LogP contribution is -1.92. The number of furan rings is 2. The van der Waals surface area contributed by atoms with E-state index in [1.165, 1.54) is 49.2 Å². The first-order chi connectivity index (χ1) is 24.8. The second kappa shape index (κ2) is 10.4. The lowest BCUT2D eigenvalue weighted by atomic mass is 9.83. The van der Waals surface area contributed by atoms with Crippen molar-refractivity contribution in [3.8, 4) is 33.4 Å². The van der Waals surface area contributed by atoms with Crippen molar-refractivity contribution in [2.24, 2.45) is 0 Å². The van der Waals surface area contributed by atoms with Crippen LogP contribution in [0.1, 0.15) is 0 Å². The fraction of sp³-hybridized carbons (Fsp3) is 0. The van der Waals surface area contributed by atoms with E-state index < -0.39 is 0 Å². The van der Waals surface area contributed by atoms with Crippen molar-refractivity contribution in [1.29, 1.82) is 0 Å². The topological polar surface area (TPSA) is 26.3 Å². The Bertz CT molecular complexity index is 3000. The van der Waals surface area contributed by atoms with Crippen molar-refractivity contribution in [3.05, 3.63) is 170 Å². The maximum absolute atomic E-state index is 6.72. The molecule has 0 aliphatic rings. The zero-order chi connectivity index (χ0) is 32.8. The zero-order valence-electron chi connectivity index (χ0n) is 27.0. The van der Waals surface area contributed by atoms with Crippen LogP contribution in [0.15, 0.2) is 179 Å². The molecule has 232 valence electrons.